The maximum atomic E-state index is 11.6. The molecule has 1 heterocycles. The van der Waals surface area contributed by atoms with Crippen molar-refractivity contribution in [3.05, 3.63) is 11.8 Å². The van der Waals surface area contributed by atoms with Crippen LogP contribution in [0, 0.1) is 5.92 Å². The van der Waals surface area contributed by atoms with E-state index in [4.69, 9.17) is 4.74 Å². The van der Waals surface area contributed by atoms with Crippen molar-refractivity contribution in [2.45, 2.75) is 32.1 Å². The van der Waals surface area contributed by atoms with Crippen LogP contribution in [0.4, 0.5) is 0 Å². The van der Waals surface area contributed by atoms with Crippen LogP contribution in [0.5, 0.6) is 0 Å². The molecule has 0 amide bonds. The molecule has 2 rings (SSSR count). The summed E-state index contributed by atoms with van der Waals surface area (Å²) in [6.45, 7) is 2.22. The largest absolute Gasteiger partial charge is 0.469 e. The van der Waals surface area contributed by atoms with Gasteiger partial charge in [0.05, 0.1) is 13.0 Å². The lowest BCUT2D eigenvalue weighted by Crippen LogP contribution is -2.31. The molecule has 1 aliphatic carbocycles. The predicted molar refractivity (Wildman–Crippen MR) is 58.2 cm³/mol. The van der Waals surface area contributed by atoms with Gasteiger partial charge in [0.25, 0.3) is 0 Å². The van der Waals surface area contributed by atoms with Crippen LogP contribution in [0.1, 0.15) is 32.1 Å². The Morgan fingerprint density at radius 2 is 2.13 bits per heavy atom. The number of nitrogens with zero attached hydrogens (tertiary/aromatic N) is 1. The Morgan fingerprint density at radius 3 is 2.80 bits per heavy atom. The number of rotatable bonds is 2. The highest BCUT2D eigenvalue weighted by atomic mass is 16.5. The van der Waals surface area contributed by atoms with Crippen LogP contribution >= 0.6 is 0 Å². The van der Waals surface area contributed by atoms with Gasteiger partial charge in [-0.2, -0.15) is 0 Å². The summed E-state index contributed by atoms with van der Waals surface area (Å²) in [5.41, 5.74) is 1.23. The number of likely N-dealkylation sites (tertiary alicyclic amines) is 1. The van der Waals surface area contributed by atoms with Gasteiger partial charge in [-0.05, 0) is 32.1 Å². The first-order valence-corrected chi connectivity index (χ1v) is 5.86. The standard InChI is InChI=1S/C12H19NO2/c1-15-12(14)10-6-2-3-7-11(10)13-8-4-5-9-13/h7,10H,2-6,8-9H2,1H3. The van der Waals surface area contributed by atoms with Gasteiger partial charge in [0, 0.05) is 18.8 Å². The highest BCUT2D eigenvalue weighted by Gasteiger charge is 2.30. The molecule has 1 fully saturated rings. The molecule has 0 bridgehead atoms. The lowest BCUT2D eigenvalue weighted by molar-refractivity contribution is -0.145. The Labute approximate surface area is 91.1 Å². The van der Waals surface area contributed by atoms with E-state index in [-0.39, 0.29) is 11.9 Å². The van der Waals surface area contributed by atoms with Gasteiger partial charge < -0.3 is 9.64 Å². The summed E-state index contributed by atoms with van der Waals surface area (Å²) in [7, 11) is 1.48. The summed E-state index contributed by atoms with van der Waals surface area (Å²) in [5, 5.41) is 0. The van der Waals surface area contributed by atoms with Gasteiger partial charge >= 0.3 is 5.97 Å². The van der Waals surface area contributed by atoms with E-state index in [0.29, 0.717) is 0 Å². The van der Waals surface area contributed by atoms with Crippen LogP contribution in [0.3, 0.4) is 0 Å². The minimum absolute atomic E-state index is 0.00171. The summed E-state index contributed by atoms with van der Waals surface area (Å²) in [6.07, 6.45) is 7.91. The molecule has 1 atom stereocenters. The first-order valence-electron chi connectivity index (χ1n) is 5.86. The zero-order valence-corrected chi connectivity index (χ0v) is 9.37. The van der Waals surface area contributed by atoms with Crippen molar-refractivity contribution in [3.63, 3.8) is 0 Å². The van der Waals surface area contributed by atoms with Gasteiger partial charge in [0.2, 0.25) is 0 Å². The minimum Gasteiger partial charge on any atom is -0.469 e. The molecule has 0 radical (unpaired) electrons. The highest BCUT2D eigenvalue weighted by molar-refractivity contribution is 5.75. The first kappa shape index (κ1) is 10.5. The molecule has 3 nitrogen and oxygen atoms in total. The Bertz CT molecular complexity index is 267. The third-order valence-electron chi connectivity index (χ3n) is 3.36. The van der Waals surface area contributed by atoms with Gasteiger partial charge in [-0.1, -0.05) is 6.08 Å². The molecule has 1 unspecified atom stereocenters. The fourth-order valence-corrected chi connectivity index (χ4v) is 2.57. The van der Waals surface area contributed by atoms with Crippen molar-refractivity contribution in [1.82, 2.24) is 4.90 Å². The summed E-state index contributed by atoms with van der Waals surface area (Å²) in [4.78, 5) is 14.0. The van der Waals surface area contributed by atoms with Crippen LogP contribution in [0.2, 0.25) is 0 Å². The number of carbonyl (C=O) groups excluding carboxylic acids is 1. The van der Waals surface area contributed by atoms with Crippen molar-refractivity contribution in [1.29, 1.82) is 0 Å². The maximum absolute atomic E-state index is 11.6. The van der Waals surface area contributed by atoms with Gasteiger partial charge in [-0.15, -0.1) is 0 Å². The van der Waals surface area contributed by atoms with Crippen LogP contribution in [-0.2, 0) is 9.53 Å². The molecule has 0 aromatic heterocycles. The van der Waals surface area contributed by atoms with Gasteiger partial charge in [-0.3, -0.25) is 4.79 Å². The van der Waals surface area contributed by atoms with Crippen LogP contribution in [0.25, 0.3) is 0 Å². The molecule has 1 aliphatic heterocycles. The average Bonchev–Trinajstić information content (AvgIpc) is 2.81. The molecule has 0 spiro atoms. The summed E-state index contributed by atoms with van der Waals surface area (Å²) in [6, 6.07) is 0. The van der Waals surface area contributed by atoms with Crippen molar-refractivity contribution in [3.8, 4) is 0 Å². The Hall–Kier alpha value is -0.990. The smallest absolute Gasteiger partial charge is 0.314 e. The third-order valence-corrected chi connectivity index (χ3v) is 3.36. The van der Waals surface area contributed by atoms with E-state index >= 15 is 0 Å². The number of ether oxygens (including phenoxy) is 1. The zero-order valence-electron chi connectivity index (χ0n) is 9.37. The van der Waals surface area contributed by atoms with Gasteiger partial charge in [0.15, 0.2) is 0 Å². The molecule has 3 heteroatoms. The molecule has 0 saturated carbocycles. The van der Waals surface area contributed by atoms with E-state index < -0.39 is 0 Å². The molecule has 2 aliphatic rings. The van der Waals surface area contributed by atoms with E-state index in [2.05, 4.69) is 11.0 Å². The number of allylic oxidation sites excluding steroid dienone is 1. The van der Waals surface area contributed by atoms with E-state index in [1.54, 1.807) is 0 Å². The van der Waals surface area contributed by atoms with E-state index in [0.717, 1.165) is 32.4 Å². The molecule has 15 heavy (non-hydrogen) atoms. The average molecular weight is 209 g/mol. The van der Waals surface area contributed by atoms with Crippen molar-refractivity contribution >= 4 is 5.97 Å². The quantitative estimate of drug-likeness (QED) is 0.651. The second kappa shape index (κ2) is 4.69. The Balaban J connectivity index is 2.11. The minimum atomic E-state index is -0.0622. The normalized spacial score (nSPS) is 26.3. The second-order valence-corrected chi connectivity index (χ2v) is 4.33. The molecule has 0 N–H and O–H groups in total. The summed E-state index contributed by atoms with van der Waals surface area (Å²) >= 11 is 0. The van der Waals surface area contributed by atoms with E-state index in [1.807, 2.05) is 0 Å². The number of carbonyl (C=O) groups is 1. The van der Waals surface area contributed by atoms with E-state index in [9.17, 15) is 4.79 Å². The van der Waals surface area contributed by atoms with Gasteiger partial charge in [0.1, 0.15) is 0 Å². The SMILES string of the molecule is COC(=O)C1CCCC=C1N1CCCC1. The number of hydrogen-bond acceptors (Lipinski definition) is 3. The molecular weight excluding hydrogens is 190 g/mol. The molecule has 0 aromatic carbocycles. The number of esters is 1. The molecule has 84 valence electrons. The third kappa shape index (κ3) is 2.16. The predicted octanol–water partition coefficient (Wildman–Crippen LogP) is 1.94. The fourth-order valence-electron chi connectivity index (χ4n) is 2.57. The fraction of sp³-hybridized carbons (Fsp3) is 0.750. The van der Waals surface area contributed by atoms with Crippen molar-refractivity contribution in [2.75, 3.05) is 20.2 Å². The molecule has 1 saturated heterocycles. The Morgan fingerprint density at radius 1 is 1.40 bits per heavy atom. The topological polar surface area (TPSA) is 29.5 Å². The zero-order chi connectivity index (χ0) is 10.7. The van der Waals surface area contributed by atoms with Crippen LogP contribution < -0.4 is 0 Å². The first-order chi connectivity index (χ1) is 7.33. The molecule has 0 aromatic rings. The second-order valence-electron chi connectivity index (χ2n) is 4.33. The lowest BCUT2D eigenvalue weighted by Gasteiger charge is -2.30. The van der Waals surface area contributed by atoms with Crippen LogP contribution in [-0.4, -0.2) is 31.1 Å². The lowest BCUT2D eigenvalue weighted by atomic mass is 9.91. The van der Waals surface area contributed by atoms with E-state index in [1.165, 1.54) is 25.6 Å². The maximum Gasteiger partial charge on any atom is 0.314 e. The number of hydrogen-bond donors (Lipinski definition) is 0. The Kier molecular flexibility index (Phi) is 3.29. The highest BCUT2D eigenvalue weighted by Crippen LogP contribution is 2.30. The van der Waals surface area contributed by atoms with Crippen molar-refractivity contribution < 1.29 is 9.53 Å². The molecular formula is C12H19NO2. The van der Waals surface area contributed by atoms with Crippen LogP contribution in [0.15, 0.2) is 11.8 Å². The monoisotopic (exact) mass is 209 g/mol. The van der Waals surface area contributed by atoms with Crippen molar-refractivity contribution in [2.24, 2.45) is 5.92 Å². The summed E-state index contributed by atoms with van der Waals surface area (Å²) < 4.78 is 4.87. The van der Waals surface area contributed by atoms with Gasteiger partial charge in [-0.25, -0.2) is 0 Å². The number of methoxy groups -OCH3 is 1. The summed E-state index contributed by atoms with van der Waals surface area (Å²) in [5.74, 6) is -0.0605.